The van der Waals surface area contributed by atoms with Gasteiger partial charge in [0.1, 0.15) is 5.82 Å². The van der Waals surface area contributed by atoms with Crippen molar-refractivity contribution in [2.75, 3.05) is 0 Å². The summed E-state index contributed by atoms with van der Waals surface area (Å²) in [6.45, 7) is 0. The summed E-state index contributed by atoms with van der Waals surface area (Å²) in [6.07, 6.45) is 0.490. The van der Waals surface area contributed by atoms with Crippen LogP contribution in [-0.4, -0.2) is 11.8 Å². The second-order valence-electron chi connectivity index (χ2n) is 3.63. The number of nitrogens with one attached hydrogen (secondary N) is 1. The molecule has 1 heterocycles. The Hall–Kier alpha value is -1.71. The molecule has 1 aromatic carbocycles. The van der Waals surface area contributed by atoms with E-state index in [0.717, 1.165) is 0 Å². The number of carbonyl (C=O) groups excluding carboxylic acids is 2. The number of hydrogen-bond acceptors (Lipinski definition) is 2. The Morgan fingerprint density at radius 1 is 1.20 bits per heavy atom. The molecular formula is C11H10FNO2. The van der Waals surface area contributed by atoms with Gasteiger partial charge in [0.25, 0.3) is 0 Å². The molecule has 0 unspecified atom stereocenters. The maximum Gasteiger partial charge on any atom is 0.227 e. The Bertz CT molecular complexity index is 401. The maximum atomic E-state index is 12.9. The van der Waals surface area contributed by atoms with Crippen molar-refractivity contribution in [1.29, 1.82) is 0 Å². The molecule has 0 atom stereocenters. The zero-order valence-corrected chi connectivity index (χ0v) is 8.00. The molecule has 0 radical (unpaired) electrons. The molecule has 1 aliphatic heterocycles. The van der Waals surface area contributed by atoms with Gasteiger partial charge < -0.3 is 0 Å². The highest BCUT2D eigenvalue weighted by Crippen LogP contribution is 2.26. The Kier molecular flexibility index (Phi) is 2.49. The molecule has 4 heteroatoms. The van der Waals surface area contributed by atoms with Crippen LogP contribution in [0.25, 0.3) is 0 Å². The van der Waals surface area contributed by atoms with E-state index in [1.165, 1.54) is 12.1 Å². The van der Waals surface area contributed by atoms with Gasteiger partial charge in [0, 0.05) is 18.8 Å². The molecule has 0 saturated carbocycles. The van der Waals surface area contributed by atoms with Crippen molar-refractivity contribution in [3.05, 3.63) is 35.6 Å². The Morgan fingerprint density at radius 3 is 2.47 bits per heavy atom. The highest BCUT2D eigenvalue weighted by atomic mass is 19.1. The summed E-state index contributed by atoms with van der Waals surface area (Å²) in [4.78, 5) is 22.2. The van der Waals surface area contributed by atoms with Crippen LogP contribution in [0.4, 0.5) is 4.39 Å². The maximum absolute atomic E-state index is 12.9. The summed E-state index contributed by atoms with van der Waals surface area (Å²) in [7, 11) is 0. The number of amides is 2. The van der Waals surface area contributed by atoms with Gasteiger partial charge in [0.15, 0.2) is 0 Å². The first-order chi connectivity index (χ1) is 7.15. The molecule has 0 aromatic heterocycles. The topological polar surface area (TPSA) is 46.2 Å². The Morgan fingerprint density at radius 2 is 1.87 bits per heavy atom. The van der Waals surface area contributed by atoms with E-state index < -0.39 is 0 Å². The Balaban J connectivity index is 2.23. The van der Waals surface area contributed by atoms with Crippen molar-refractivity contribution in [2.45, 2.75) is 18.8 Å². The van der Waals surface area contributed by atoms with Gasteiger partial charge in [-0.15, -0.1) is 0 Å². The van der Waals surface area contributed by atoms with Crippen LogP contribution in [0.15, 0.2) is 24.3 Å². The van der Waals surface area contributed by atoms with Gasteiger partial charge in [0.05, 0.1) is 0 Å². The minimum absolute atomic E-state index is 0.193. The minimum atomic E-state index is -0.342. The molecule has 1 saturated heterocycles. The molecule has 3 nitrogen and oxygen atoms in total. The molecule has 0 aliphatic carbocycles. The molecule has 0 spiro atoms. The predicted octanol–water partition coefficient (Wildman–Crippen LogP) is 1.35. The lowest BCUT2D eigenvalue weighted by molar-refractivity contribution is -0.133. The summed E-state index contributed by atoms with van der Waals surface area (Å²) in [5.74, 6) is -1.12. The van der Waals surface area contributed by atoms with E-state index in [0.29, 0.717) is 5.56 Å². The number of rotatable bonds is 1. The lowest BCUT2D eigenvalue weighted by Gasteiger charge is -2.20. The monoisotopic (exact) mass is 207 g/mol. The van der Waals surface area contributed by atoms with E-state index in [2.05, 4.69) is 5.32 Å². The fourth-order valence-corrected chi connectivity index (χ4v) is 1.77. The third-order valence-corrected chi connectivity index (χ3v) is 2.46. The largest absolute Gasteiger partial charge is 0.296 e. The molecule has 1 fully saturated rings. The molecular weight excluding hydrogens is 197 g/mol. The number of benzene rings is 1. The zero-order valence-electron chi connectivity index (χ0n) is 8.00. The van der Waals surface area contributed by atoms with Gasteiger partial charge in [0.2, 0.25) is 11.8 Å². The lowest BCUT2D eigenvalue weighted by Crippen LogP contribution is -2.37. The van der Waals surface area contributed by atoms with Crippen molar-refractivity contribution < 1.29 is 14.0 Å². The molecule has 0 bridgehead atoms. The van der Waals surface area contributed by atoms with Gasteiger partial charge in [-0.25, -0.2) is 4.39 Å². The molecule has 2 rings (SSSR count). The van der Waals surface area contributed by atoms with Gasteiger partial charge >= 0.3 is 0 Å². The number of halogens is 1. The van der Waals surface area contributed by atoms with Gasteiger partial charge in [-0.3, -0.25) is 14.9 Å². The first kappa shape index (κ1) is 9.83. The van der Waals surface area contributed by atoms with Crippen LogP contribution in [0.1, 0.15) is 24.3 Å². The molecule has 1 aliphatic rings. The summed E-state index contributed by atoms with van der Waals surface area (Å²) < 4.78 is 12.9. The number of carbonyl (C=O) groups is 2. The predicted molar refractivity (Wildman–Crippen MR) is 51.5 cm³/mol. The smallest absolute Gasteiger partial charge is 0.227 e. The summed E-state index contributed by atoms with van der Waals surface area (Å²) >= 11 is 0. The molecule has 78 valence electrons. The van der Waals surface area contributed by atoms with Crippen LogP contribution < -0.4 is 5.32 Å². The standard InChI is InChI=1S/C11H10FNO2/c12-9-3-1-2-7(4-9)8-5-10(14)13-11(15)6-8/h1-4,8H,5-6H2,(H,13,14,15). The highest BCUT2D eigenvalue weighted by molar-refractivity contribution is 5.98. The van der Waals surface area contributed by atoms with E-state index >= 15 is 0 Å². The van der Waals surface area contributed by atoms with Crippen molar-refractivity contribution in [2.24, 2.45) is 0 Å². The van der Waals surface area contributed by atoms with Crippen LogP contribution in [0.5, 0.6) is 0 Å². The van der Waals surface area contributed by atoms with E-state index in [4.69, 9.17) is 0 Å². The van der Waals surface area contributed by atoms with Crippen molar-refractivity contribution in [3.8, 4) is 0 Å². The zero-order chi connectivity index (χ0) is 10.8. The number of piperidine rings is 1. The highest BCUT2D eigenvalue weighted by Gasteiger charge is 2.26. The lowest BCUT2D eigenvalue weighted by atomic mass is 9.89. The van der Waals surface area contributed by atoms with Crippen LogP contribution in [0.2, 0.25) is 0 Å². The van der Waals surface area contributed by atoms with Gasteiger partial charge in [-0.2, -0.15) is 0 Å². The quantitative estimate of drug-likeness (QED) is 0.706. The first-order valence-electron chi connectivity index (χ1n) is 4.73. The second kappa shape index (κ2) is 3.81. The van der Waals surface area contributed by atoms with Gasteiger partial charge in [-0.05, 0) is 17.7 Å². The molecule has 1 N–H and O–H groups in total. The Labute approximate surface area is 86.3 Å². The van der Waals surface area contributed by atoms with Crippen molar-refractivity contribution in [3.63, 3.8) is 0 Å². The average Bonchev–Trinajstić information content (AvgIpc) is 2.16. The molecule has 15 heavy (non-hydrogen) atoms. The van der Waals surface area contributed by atoms with Crippen LogP contribution in [0.3, 0.4) is 0 Å². The fraction of sp³-hybridized carbons (Fsp3) is 0.273. The third kappa shape index (κ3) is 2.21. The number of imide groups is 1. The fourth-order valence-electron chi connectivity index (χ4n) is 1.77. The van der Waals surface area contributed by atoms with E-state index in [1.54, 1.807) is 12.1 Å². The first-order valence-corrected chi connectivity index (χ1v) is 4.73. The van der Waals surface area contributed by atoms with Crippen molar-refractivity contribution in [1.82, 2.24) is 5.32 Å². The van der Waals surface area contributed by atoms with E-state index in [9.17, 15) is 14.0 Å². The van der Waals surface area contributed by atoms with E-state index in [-0.39, 0.29) is 36.4 Å². The number of hydrogen-bond donors (Lipinski definition) is 1. The summed E-state index contributed by atoms with van der Waals surface area (Å²) in [5, 5.41) is 2.22. The van der Waals surface area contributed by atoms with Crippen LogP contribution in [-0.2, 0) is 9.59 Å². The third-order valence-electron chi connectivity index (χ3n) is 2.46. The summed E-state index contributed by atoms with van der Waals surface area (Å²) in [5.41, 5.74) is 0.707. The second-order valence-corrected chi connectivity index (χ2v) is 3.63. The SMILES string of the molecule is O=C1CC(c2cccc(F)c2)CC(=O)N1. The molecule has 1 aromatic rings. The average molecular weight is 207 g/mol. The molecule has 2 amide bonds. The van der Waals surface area contributed by atoms with Gasteiger partial charge in [-0.1, -0.05) is 12.1 Å². The van der Waals surface area contributed by atoms with Crippen molar-refractivity contribution >= 4 is 11.8 Å². The normalized spacial score (nSPS) is 17.7. The summed E-state index contributed by atoms with van der Waals surface area (Å²) in [6, 6.07) is 6.03. The van der Waals surface area contributed by atoms with Crippen LogP contribution in [0, 0.1) is 5.82 Å². The minimum Gasteiger partial charge on any atom is -0.296 e. The van der Waals surface area contributed by atoms with E-state index in [1.807, 2.05) is 0 Å². The van der Waals surface area contributed by atoms with Crippen LogP contribution >= 0.6 is 0 Å².